The molecule has 0 bridgehead atoms. The van der Waals surface area contributed by atoms with Crippen molar-refractivity contribution in [1.82, 2.24) is 5.27 Å². The van der Waals surface area contributed by atoms with Crippen molar-refractivity contribution < 1.29 is 28.6 Å². The van der Waals surface area contributed by atoms with Crippen LogP contribution in [0.2, 0.25) is 0 Å². The Kier molecular flexibility index (Phi) is 7.18. The van der Waals surface area contributed by atoms with Gasteiger partial charge in [0.25, 0.3) is 5.03 Å². The van der Waals surface area contributed by atoms with E-state index < -0.39 is 11.2 Å². The van der Waals surface area contributed by atoms with Crippen LogP contribution < -0.4 is 24.6 Å². The summed E-state index contributed by atoms with van der Waals surface area (Å²) in [5, 5.41) is 18.7. The average Bonchev–Trinajstić information content (AvgIpc) is 3.13. The van der Waals surface area contributed by atoms with Gasteiger partial charge in [-0.3, -0.25) is 4.79 Å². The Morgan fingerprint density at radius 3 is 2.63 bits per heavy atom. The smallest absolute Gasteiger partial charge is 0.298 e. The van der Waals surface area contributed by atoms with E-state index in [0.29, 0.717) is 35.9 Å². The summed E-state index contributed by atoms with van der Waals surface area (Å²) in [6.45, 7) is 4.24. The number of rotatable bonds is 9. The largest absolute Gasteiger partial charge is 0.538 e. The zero-order valence-electron chi connectivity index (χ0n) is 17.0. The van der Waals surface area contributed by atoms with Gasteiger partial charge in [-0.1, -0.05) is 19.1 Å². The second kappa shape index (κ2) is 10.0. The van der Waals surface area contributed by atoms with E-state index in [-0.39, 0.29) is 10.9 Å². The zero-order chi connectivity index (χ0) is 21.5. The van der Waals surface area contributed by atoms with Crippen molar-refractivity contribution in [3.05, 3.63) is 48.5 Å². The summed E-state index contributed by atoms with van der Waals surface area (Å²) in [6.07, 6.45) is 0.501. The number of carbonyl (C=O) groups excluding carboxylic acids is 1. The molecule has 1 heterocycles. The number of aromatic nitrogens is 2. The molecule has 0 saturated carbocycles. The number of amides is 1. The van der Waals surface area contributed by atoms with Crippen molar-refractivity contribution in [2.24, 2.45) is 0 Å². The fourth-order valence-electron chi connectivity index (χ4n) is 2.75. The van der Waals surface area contributed by atoms with Crippen LogP contribution in [-0.4, -0.2) is 30.1 Å². The lowest BCUT2D eigenvalue weighted by Gasteiger charge is -2.15. The lowest BCUT2D eigenvalue weighted by atomic mass is 10.2. The average molecular weight is 429 g/mol. The molecule has 158 valence electrons. The van der Waals surface area contributed by atoms with Crippen LogP contribution in [0.1, 0.15) is 20.3 Å². The maximum absolute atomic E-state index is 12.9. The molecule has 1 unspecified atom stereocenters. The van der Waals surface area contributed by atoms with E-state index in [4.69, 9.17) is 14.0 Å². The molecule has 0 aliphatic carbocycles. The zero-order valence-corrected chi connectivity index (χ0v) is 17.8. The molecule has 8 nitrogen and oxygen atoms in total. The van der Waals surface area contributed by atoms with Gasteiger partial charge in [-0.25, -0.2) is 0 Å². The molecule has 0 aliphatic heterocycles. The van der Waals surface area contributed by atoms with Crippen LogP contribution in [0.25, 0.3) is 5.69 Å². The first kappa shape index (κ1) is 21.5. The number of hydrogen-bond donors (Lipinski definition) is 1. The third kappa shape index (κ3) is 4.85. The molecule has 2 aromatic carbocycles. The van der Waals surface area contributed by atoms with Gasteiger partial charge >= 0.3 is 0 Å². The van der Waals surface area contributed by atoms with Crippen molar-refractivity contribution in [3.63, 3.8) is 0 Å². The van der Waals surface area contributed by atoms with E-state index in [1.807, 2.05) is 26.0 Å². The van der Waals surface area contributed by atoms with Crippen LogP contribution in [0.4, 0.5) is 5.69 Å². The maximum Gasteiger partial charge on any atom is 0.298 e. The highest BCUT2D eigenvalue weighted by Crippen LogP contribution is 2.31. The van der Waals surface area contributed by atoms with Crippen LogP contribution in [0.5, 0.6) is 17.4 Å². The number of methoxy groups -OCH3 is 1. The van der Waals surface area contributed by atoms with E-state index in [1.165, 1.54) is 4.68 Å². The summed E-state index contributed by atoms with van der Waals surface area (Å²) in [5.41, 5.74) is 1.21. The van der Waals surface area contributed by atoms with E-state index in [0.717, 1.165) is 11.8 Å². The van der Waals surface area contributed by atoms with Gasteiger partial charge in [0.1, 0.15) is 11.5 Å². The van der Waals surface area contributed by atoms with Gasteiger partial charge in [0.15, 0.2) is 5.95 Å². The van der Waals surface area contributed by atoms with Crippen LogP contribution >= 0.6 is 11.8 Å². The fraction of sp³-hybridized carbons (Fsp3) is 0.286. The summed E-state index contributed by atoms with van der Waals surface area (Å²) < 4.78 is 17.0. The van der Waals surface area contributed by atoms with Gasteiger partial charge < -0.3 is 24.4 Å². The molecule has 1 aromatic heterocycles. The Hall–Kier alpha value is -3.20. The second-order valence-electron chi connectivity index (χ2n) is 6.21. The molecule has 30 heavy (non-hydrogen) atoms. The molecular formula is C21H23N3O5S. The molecular weight excluding hydrogens is 406 g/mol. The number of benzene rings is 2. The Morgan fingerprint density at radius 2 is 1.97 bits per heavy atom. The number of nitrogens with zero attached hydrogens (tertiary/aromatic N) is 2. The molecule has 0 saturated heterocycles. The van der Waals surface area contributed by atoms with E-state index in [9.17, 15) is 9.90 Å². The van der Waals surface area contributed by atoms with Gasteiger partial charge in [-0.15, -0.1) is 0 Å². The van der Waals surface area contributed by atoms with Gasteiger partial charge in [0.2, 0.25) is 11.6 Å². The van der Waals surface area contributed by atoms with Crippen molar-refractivity contribution in [2.75, 3.05) is 19.0 Å². The van der Waals surface area contributed by atoms with Gasteiger partial charge in [0.05, 0.1) is 29.9 Å². The summed E-state index contributed by atoms with van der Waals surface area (Å²) in [7, 11) is 1.57. The first-order chi connectivity index (χ1) is 14.6. The highest BCUT2D eigenvalue weighted by molar-refractivity contribution is 8.00. The lowest BCUT2D eigenvalue weighted by Crippen LogP contribution is -2.36. The maximum atomic E-state index is 12.9. The van der Waals surface area contributed by atoms with Crippen LogP contribution in [0.3, 0.4) is 0 Å². The molecule has 0 radical (unpaired) electrons. The van der Waals surface area contributed by atoms with Gasteiger partial charge in [-0.2, -0.15) is 0 Å². The minimum atomic E-state index is -0.600. The SMILES string of the molecule is CCOc1ccccc1NC(=O)C(CC)Sc1c([O-])on[n+]1-c1ccc(OC)cc1. The number of ether oxygens (including phenoxy) is 2. The molecule has 3 aromatic rings. The Balaban J connectivity index is 1.80. The number of carbonyl (C=O) groups is 1. The summed E-state index contributed by atoms with van der Waals surface area (Å²) in [5.74, 6) is 0.433. The van der Waals surface area contributed by atoms with Crippen LogP contribution in [0, 0.1) is 0 Å². The summed E-state index contributed by atoms with van der Waals surface area (Å²) in [4.78, 5) is 12.9. The quantitative estimate of drug-likeness (QED) is 0.412. The molecule has 9 heteroatoms. The fourth-order valence-corrected chi connectivity index (χ4v) is 3.72. The van der Waals surface area contributed by atoms with Crippen molar-refractivity contribution in [3.8, 4) is 23.1 Å². The minimum Gasteiger partial charge on any atom is -0.538 e. The first-order valence-electron chi connectivity index (χ1n) is 9.50. The number of thioether (sulfide) groups is 1. The highest BCUT2D eigenvalue weighted by atomic mass is 32.2. The number of anilines is 1. The molecule has 1 amide bonds. The number of hydrogen-bond acceptors (Lipinski definition) is 7. The Labute approximate surface area is 178 Å². The van der Waals surface area contributed by atoms with E-state index in [1.54, 1.807) is 43.5 Å². The third-order valence-corrected chi connectivity index (χ3v) is 5.65. The van der Waals surface area contributed by atoms with Crippen molar-refractivity contribution in [1.29, 1.82) is 0 Å². The van der Waals surface area contributed by atoms with Crippen molar-refractivity contribution in [2.45, 2.75) is 30.5 Å². The topological polar surface area (TPSA) is 101 Å². The molecule has 3 rings (SSSR count). The Bertz CT molecular complexity index is 991. The number of para-hydroxylation sites is 2. The second-order valence-corrected chi connectivity index (χ2v) is 7.40. The predicted octanol–water partition coefficient (Wildman–Crippen LogP) is 2.94. The third-order valence-electron chi connectivity index (χ3n) is 4.25. The monoisotopic (exact) mass is 429 g/mol. The molecule has 0 fully saturated rings. The first-order valence-corrected chi connectivity index (χ1v) is 10.4. The molecule has 1 atom stereocenters. The molecule has 0 spiro atoms. The predicted molar refractivity (Wildman–Crippen MR) is 110 cm³/mol. The Morgan fingerprint density at radius 1 is 1.23 bits per heavy atom. The highest BCUT2D eigenvalue weighted by Gasteiger charge is 2.28. The minimum absolute atomic E-state index is 0.222. The normalized spacial score (nSPS) is 11.7. The van der Waals surface area contributed by atoms with Crippen molar-refractivity contribution >= 4 is 23.4 Å². The van der Waals surface area contributed by atoms with E-state index >= 15 is 0 Å². The van der Waals surface area contributed by atoms with E-state index in [2.05, 4.69) is 10.6 Å². The lowest BCUT2D eigenvalue weighted by molar-refractivity contribution is -0.705. The standard InChI is InChI=1S/C21H23N3O5S/c1-4-18(19(25)22-16-8-6-7-9-17(16)28-5-2)30-20-21(26)29-23-24(20)14-10-12-15(27-3)13-11-14/h6-13,18H,4-5H2,1-3H3,(H-,22,23,25,26). The van der Waals surface area contributed by atoms with Gasteiger partial charge in [-0.05, 0) is 54.1 Å². The molecule has 1 N–H and O–H groups in total. The summed E-state index contributed by atoms with van der Waals surface area (Å²) in [6, 6.07) is 14.2. The summed E-state index contributed by atoms with van der Waals surface area (Å²) >= 11 is 1.11. The van der Waals surface area contributed by atoms with Crippen LogP contribution in [0.15, 0.2) is 58.1 Å². The number of nitrogens with one attached hydrogen (secondary N) is 1. The molecule has 0 aliphatic rings. The van der Waals surface area contributed by atoms with Crippen LogP contribution in [-0.2, 0) is 4.79 Å². The van der Waals surface area contributed by atoms with Gasteiger partial charge in [0, 0.05) is 12.1 Å².